The van der Waals surface area contributed by atoms with Crippen LogP contribution >= 0.6 is 0 Å². The van der Waals surface area contributed by atoms with E-state index in [0.29, 0.717) is 11.7 Å². The van der Waals surface area contributed by atoms with Gasteiger partial charge in [-0.3, -0.25) is 0 Å². The molecule has 1 aromatic rings. The van der Waals surface area contributed by atoms with Crippen LogP contribution < -0.4 is 5.32 Å². The second-order valence-electron chi connectivity index (χ2n) is 5.90. The van der Waals surface area contributed by atoms with Crippen LogP contribution in [0.4, 0.5) is 0 Å². The molecule has 1 N–H and O–H groups in total. The van der Waals surface area contributed by atoms with Crippen molar-refractivity contribution in [3.8, 4) is 6.07 Å². The molecule has 0 aliphatic carbocycles. The number of hydrogen-bond acceptors (Lipinski definition) is 3. The molecule has 2 unspecified atom stereocenters. The maximum Gasteiger partial charge on any atom is 0.0991 e. The quantitative estimate of drug-likeness (QED) is 0.902. The highest BCUT2D eigenvalue weighted by Crippen LogP contribution is 2.29. The average molecular weight is 258 g/mol. The molecule has 1 saturated heterocycles. The summed E-state index contributed by atoms with van der Waals surface area (Å²) in [7, 11) is 0. The first-order valence-corrected chi connectivity index (χ1v) is 6.91. The average Bonchev–Trinajstić information content (AvgIpc) is 2.76. The van der Waals surface area contributed by atoms with Crippen molar-refractivity contribution < 1.29 is 4.74 Å². The molecular formula is C16H22N2O. The zero-order valence-electron chi connectivity index (χ0n) is 11.9. The smallest absolute Gasteiger partial charge is 0.0991 e. The number of nitrogens with one attached hydrogen (secondary N) is 1. The zero-order valence-corrected chi connectivity index (χ0v) is 11.9. The highest BCUT2D eigenvalue weighted by Gasteiger charge is 2.31. The molecule has 1 aliphatic heterocycles. The minimum Gasteiger partial charge on any atom is -0.371 e. The third-order valence-electron chi connectivity index (χ3n) is 3.75. The van der Waals surface area contributed by atoms with Crippen LogP contribution in [0.5, 0.6) is 0 Å². The molecular weight excluding hydrogens is 236 g/mol. The van der Waals surface area contributed by atoms with Gasteiger partial charge < -0.3 is 10.1 Å². The van der Waals surface area contributed by atoms with E-state index in [0.717, 1.165) is 19.4 Å². The molecule has 0 radical (unpaired) electrons. The standard InChI is InChI=1S/C16H22N2O/c1-12(14-6-4-13(10-17)5-7-14)18-11-15-8-9-16(2,3)19-15/h4-7,12,15,18H,8-9,11H2,1-3H3. The highest BCUT2D eigenvalue weighted by molar-refractivity contribution is 5.32. The van der Waals surface area contributed by atoms with Gasteiger partial charge in [-0.2, -0.15) is 5.26 Å². The molecule has 0 amide bonds. The van der Waals surface area contributed by atoms with Gasteiger partial charge in [0.15, 0.2) is 0 Å². The van der Waals surface area contributed by atoms with Crippen molar-refractivity contribution in [2.45, 2.75) is 51.4 Å². The molecule has 0 aromatic heterocycles. The Morgan fingerprint density at radius 2 is 2.11 bits per heavy atom. The summed E-state index contributed by atoms with van der Waals surface area (Å²) in [6, 6.07) is 10.2. The van der Waals surface area contributed by atoms with Gasteiger partial charge in [0.05, 0.1) is 23.3 Å². The summed E-state index contributed by atoms with van der Waals surface area (Å²) in [6.07, 6.45) is 2.57. The molecule has 1 aromatic carbocycles. The Bertz CT molecular complexity index is 459. The molecule has 3 heteroatoms. The van der Waals surface area contributed by atoms with Crippen molar-refractivity contribution in [1.29, 1.82) is 5.26 Å². The molecule has 2 atom stereocenters. The minimum atomic E-state index is 0.0318. The maximum atomic E-state index is 8.78. The normalized spacial score (nSPS) is 22.9. The number of rotatable bonds is 4. The third kappa shape index (κ3) is 3.79. The molecule has 1 aliphatic rings. The van der Waals surface area contributed by atoms with Crippen molar-refractivity contribution in [2.75, 3.05) is 6.54 Å². The second kappa shape index (κ2) is 5.73. The van der Waals surface area contributed by atoms with Crippen LogP contribution in [0.15, 0.2) is 24.3 Å². The van der Waals surface area contributed by atoms with E-state index in [-0.39, 0.29) is 11.6 Å². The molecule has 0 saturated carbocycles. The molecule has 0 spiro atoms. The van der Waals surface area contributed by atoms with Gasteiger partial charge in [0.25, 0.3) is 0 Å². The number of ether oxygens (including phenoxy) is 1. The van der Waals surface area contributed by atoms with Crippen molar-refractivity contribution in [1.82, 2.24) is 5.32 Å². The van der Waals surface area contributed by atoms with E-state index in [9.17, 15) is 0 Å². The summed E-state index contributed by atoms with van der Waals surface area (Å²) in [6.45, 7) is 7.32. The molecule has 0 bridgehead atoms. The lowest BCUT2D eigenvalue weighted by atomic mass is 10.0. The Morgan fingerprint density at radius 3 is 2.63 bits per heavy atom. The topological polar surface area (TPSA) is 45.0 Å². The van der Waals surface area contributed by atoms with E-state index in [1.54, 1.807) is 0 Å². The lowest BCUT2D eigenvalue weighted by Crippen LogP contribution is -2.31. The Kier molecular flexibility index (Phi) is 4.24. The van der Waals surface area contributed by atoms with Crippen LogP contribution in [0.3, 0.4) is 0 Å². The first-order valence-electron chi connectivity index (χ1n) is 6.91. The van der Waals surface area contributed by atoms with Gasteiger partial charge >= 0.3 is 0 Å². The number of benzene rings is 1. The summed E-state index contributed by atoms with van der Waals surface area (Å²) < 4.78 is 5.97. The largest absolute Gasteiger partial charge is 0.371 e. The Hall–Kier alpha value is -1.37. The predicted molar refractivity (Wildman–Crippen MR) is 75.8 cm³/mol. The fourth-order valence-electron chi connectivity index (χ4n) is 2.49. The van der Waals surface area contributed by atoms with Crippen LogP contribution in [-0.4, -0.2) is 18.2 Å². The number of nitriles is 1. The van der Waals surface area contributed by atoms with Gasteiger partial charge in [-0.15, -0.1) is 0 Å². The van der Waals surface area contributed by atoms with Crippen LogP contribution in [0.2, 0.25) is 0 Å². The molecule has 2 rings (SSSR count). The molecule has 3 nitrogen and oxygen atoms in total. The first-order chi connectivity index (χ1) is 9.00. The van der Waals surface area contributed by atoms with E-state index in [1.165, 1.54) is 5.56 Å². The van der Waals surface area contributed by atoms with Crippen LogP contribution in [0, 0.1) is 11.3 Å². The molecule has 1 fully saturated rings. The zero-order chi connectivity index (χ0) is 13.9. The van der Waals surface area contributed by atoms with E-state index < -0.39 is 0 Å². The fourth-order valence-corrected chi connectivity index (χ4v) is 2.49. The minimum absolute atomic E-state index is 0.0318. The lowest BCUT2D eigenvalue weighted by Gasteiger charge is -2.21. The van der Waals surface area contributed by atoms with Crippen molar-refractivity contribution in [3.63, 3.8) is 0 Å². The van der Waals surface area contributed by atoms with E-state index >= 15 is 0 Å². The van der Waals surface area contributed by atoms with Gasteiger partial charge in [0, 0.05) is 12.6 Å². The Balaban J connectivity index is 1.84. The SMILES string of the molecule is CC(NCC1CCC(C)(C)O1)c1ccc(C#N)cc1. The first kappa shape index (κ1) is 14.0. The van der Waals surface area contributed by atoms with Crippen LogP contribution in [0.1, 0.15) is 50.8 Å². The monoisotopic (exact) mass is 258 g/mol. The van der Waals surface area contributed by atoms with E-state index in [2.05, 4.69) is 32.2 Å². The third-order valence-corrected chi connectivity index (χ3v) is 3.75. The van der Waals surface area contributed by atoms with E-state index in [1.807, 2.05) is 24.3 Å². The van der Waals surface area contributed by atoms with Crippen LogP contribution in [0.25, 0.3) is 0 Å². The van der Waals surface area contributed by atoms with E-state index in [4.69, 9.17) is 10.00 Å². The number of hydrogen-bond donors (Lipinski definition) is 1. The lowest BCUT2D eigenvalue weighted by molar-refractivity contribution is -0.0150. The highest BCUT2D eigenvalue weighted by atomic mass is 16.5. The van der Waals surface area contributed by atoms with Gasteiger partial charge in [0.2, 0.25) is 0 Å². The second-order valence-corrected chi connectivity index (χ2v) is 5.90. The van der Waals surface area contributed by atoms with Crippen molar-refractivity contribution in [2.24, 2.45) is 0 Å². The predicted octanol–water partition coefficient (Wildman–Crippen LogP) is 3.17. The van der Waals surface area contributed by atoms with Gasteiger partial charge in [-0.05, 0) is 51.3 Å². The van der Waals surface area contributed by atoms with Gasteiger partial charge in [0.1, 0.15) is 0 Å². The maximum absolute atomic E-state index is 8.78. The Morgan fingerprint density at radius 1 is 1.42 bits per heavy atom. The summed E-state index contributed by atoms with van der Waals surface area (Å²) in [4.78, 5) is 0. The molecule has 1 heterocycles. The summed E-state index contributed by atoms with van der Waals surface area (Å²) in [5.41, 5.74) is 1.94. The Labute approximate surface area is 115 Å². The molecule has 102 valence electrons. The number of nitrogens with zero attached hydrogens (tertiary/aromatic N) is 1. The van der Waals surface area contributed by atoms with Crippen LogP contribution in [-0.2, 0) is 4.74 Å². The van der Waals surface area contributed by atoms with Gasteiger partial charge in [-0.25, -0.2) is 0 Å². The van der Waals surface area contributed by atoms with Crippen molar-refractivity contribution >= 4 is 0 Å². The summed E-state index contributed by atoms with van der Waals surface area (Å²) in [5.74, 6) is 0. The van der Waals surface area contributed by atoms with Crippen molar-refractivity contribution in [3.05, 3.63) is 35.4 Å². The summed E-state index contributed by atoms with van der Waals surface area (Å²) >= 11 is 0. The fraction of sp³-hybridized carbons (Fsp3) is 0.562. The molecule has 19 heavy (non-hydrogen) atoms. The summed E-state index contributed by atoms with van der Waals surface area (Å²) in [5, 5.41) is 12.3. The van der Waals surface area contributed by atoms with Gasteiger partial charge in [-0.1, -0.05) is 12.1 Å².